The highest BCUT2D eigenvalue weighted by Crippen LogP contribution is 2.41. The van der Waals surface area contributed by atoms with Crippen LogP contribution in [0.25, 0.3) is 11.1 Å². The van der Waals surface area contributed by atoms with Crippen molar-refractivity contribution in [3.8, 4) is 11.1 Å². The van der Waals surface area contributed by atoms with E-state index >= 15 is 0 Å². The molecule has 1 saturated heterocycles. The Labute approximate surface area is 166 Å². The van der Waals surface area contributed by atoms with Crippen molar-refractivity contribution in [3.63, 3.8) is 0 Å². The number of aliphatic carboxylic acids is 1. The fraction of sp³-hybridized carbons (Fsp3) is 0.478. The molecule has 0 aliphatic carbocycles. The molecule has 0 unspecified atom stereocenters. The molecule has 0 atom stereocenters. The largest absolute Gasteiger partial charge is 0.481 e. The summed E-state index contributed by atoms with van der Waals surface area (Å²) in [5, 5.41) is 9.50. The van der Waals surface area contributed by atoms with Crippen molar-refractivity contribution >= 4 is 11.7 Å². The van der Waals surface area contributed by atoms with E-state index < -0.39 is 5.97 Å². The Morgan fingerprint density at radius 3 is 2.39 bits per heavy atom. The van der Waals surface area contributed by atoms with Gasteiger partial charge in [-0.05, 0) is 56.2 Å². The summed E-state index contributed by atoms with van der Waals surface area (Å²) in [6.07, 6.45) is 1.97. The number of halogens is 1. The predicted molar refractivity (Wildman–Crippen MR) is 110 cm³/mol. The van der Waals surface area contributed by atoms with Crippen LogP contribution in [-0.2, 0) is 11.2 Å². The third kappa shape index (κ3) is 4.03. The van der Waals surface area contributed by atoms with Crippen LogP contribution in [0.4, 0.5) is 10.1 Å². The molecular weight excluding hydrogens is 355 g/mol. The van der Waals surface area contributed by atoms with Gasteiger partial charge >= 0.3 is 5.97 Å². The van der Waals surface area contributed by atoms with Crippen molar-refractivity contribution in [2.75, 3.05) is 18.0 Å². The number of hydrogen-bond acceptors (Lipinski definition) is 3. The zero-order valence-electron chi connectivity index (χ0n) is 17.4. The highest BCUT2D eigenvalue weighted by Gasteiger charge is 2.30. The Bertz CT molecular complexity index is 911. The standard InChI is InChI=1S/C23H29FN2O2/c1-14-6-7-17(12-19(14)24)21-16(3)25-15(2)18(13-20(27)28)22(21)26-10-8-23(4,5)9-11-26/h6-7,12H,8-11,13H2,1-5H3,(H,27,28). The number of aryl methyl sites for hydroxylation is 3. The number of pyridine rings is 1. The van der Waals surface area contributed by atoms with E-state index in [1.165, 1.54) is 6.07 Å². The Morgan fingerprint density at radius 2 is 1.82 bits per heavy atom. The lowest BCUT2D eigenvalue weighted by Crippen LogP contribution is -2.38. The number of aromatic nitrogens is 1. The Morgan fingerprint density at radius 1 is 1.18 bits per heavy atom. The van der Waals surface area contributed by atoms with Gasteiger partial charge in [0.1, 0.15) is 5.82 Å². The van der Waals surface area contributed by atoms with Crippen molar-refractivity contribution in [3.05, 3.63) is 46.5 Å². The Hall–Kier alpha value is -2.43. The summed E-state index contributed by atoms with van der Waals surface area (Å²) in [6, 6.07) is 5.21. The number of carboxylic acids is 1. The first kappa shape index (κ1) is 20.3. The number of anilines is 1. The van der Waals surface area contributed by atoms with Gasteiger partial charge < -0.3 is 10.0 Å². The topological polar surface area (TPSA) is 53.4 Å². The van der Waals surface area contributed by atoms with Crippen LogP contribution in [0, 0.1) is 32.0 Å². The molecule has 1 fully saturated rings. The fourth-order valence-electron chi connectivity index (χ4n) is 4.01. The number of benzene rings is 1. The monoisotopic (exact) mass is 384 g/mol. The molecule has 2 heterocycles. The molecule has 1 aromatic carbocycles. The minimum Gasteiger partial charge on any atom is -0.481 e. The van der Waals surface area contributed by atoms with Gasteiger partial charge in [0.2, 0.25) is 0 Å². The molecule has 5 heteroatoms. The van der Waals surface area contributed by atoms with Gasteiger partial charge in [0.25, 0.3) is 0 Å². The summed E-state index contributed by atoms with van der Waals surface area (Å²) in [6.45, 7) is 11.8. The number of hydrogen-bond donors (Lipinski definition) is 1. The van der Waals surface area contributed by atoms with Crippen LogP contribution in [0.5, 0.6) is 0 Å². The molecule has 4 nitrogen and oxygen atoms in total. The normalized spacial score (nSPS) is 16.3. The first-order valence-electron chi connectivity index (χ1n) is 9.82. The maximum atomic E-state index is 14.3. The first-order chi connectivity index (χ1) is 13.1. The summed E-state index contributed by atoms with van der Waals surface area (Å²) in [4.78, 5) is 18.5. The molecule has 28 heavy (non-hydrogen) atoms. The zero-order chi connectivity index (χ0) is 20.6. The fourth-order valence-corrected chi connectivity index (χ4v) is 4.01. The second-order valence-corrected chi connectivity index (χ2v) is 8.67. The van der Waals surface area contributed by atoms with Gasteiger partial charge in [-0.25, -0.2) is 4.39 Å². The summed E-state index contributed by atoms with van der Waals surface area (Å²) >= 11 is 0. The van der Waals surface area contributed by atoms with E-state index in [0.717, 1.165) is 59.7 Å². The van der Waals surface area contributed by atoms with Crippen molar-refractivity contribution in [2.45, 2.75) is 53.9 Å². The molecule has 1 aromatic heterocycles. The average Bonchev–Trinajstić information content (AvgIpc) is 2.59. The Balaban J connectivity index is 2.22. The van der Waals surface area contributed by atoms with Gasteiger partial charge in [0.15, 0.2) is 0 Å². The number of piperidine rings is 1. The quantitative estimate of drug-likeness (QED) is 0.800. The third-order valence-corrected chi connectivity index (χ3v) is 5.88. The van der Waals surface area contributed by atoms with E-state index in [1.807, 2.05) is 19.9 Å². The molecule has 1 N–H and O–H groups in total. The second kappa shape index (κ2) is 7.53. The molecule has 0 spiro atoms. The van der Waals surface area contributed by atoms with Gasteiger partial charge in [-0.3, -0.25) is 9.78 Å². The molecule has 2 aromatic rings. The van der Waals surface area contributed by atoms with E-state index in [1.54, 1.807) is 13.0 Å². The van der Waals surface area contributed by atoms with Gasteiger partial charge in [-0.2, -0.15) is 0 Å². The summed E-state index contributed by atoms with van der Waals surface area (Å²) in [5.41, 5.74) is 5.63. The van der Waals surface area contributed by atoms with E-state index in [-0.39, 0.29) is 17.7 Å². The molecule has 150 valence electrons. The van der Waals surface area contributed by atoms with Crippen LogP contribution in [0.15, 0.2) is 18.2 Å². The van der Waals surface area contributed by atoms with E-state index in [0.29, 0.717) is 5.56 Å². The molecule has 1 aliphatic heterocycles. The summed E-state index contributed by atoms with van der Waals surface area (Å²) in [7, 11) is 0. The smallest absolute Gasteiger partial charge is 0.307 e. The molecule has 0 bridgehead atoms. The molecule has 0 radical (unpaired) electrons. The summed E-state index contributed by atoms with van der Waals surface area (Å²) < 4.78 is 14.3. The maximum Gasteiger partial charge on any atom is 0.307 e. The minimum absolute atomic E-state index is 0.0876. The average molecular weight is 384 g/mol. The van der Waals surface area contributed by atoms with Crippen LogP contribution < -0.4 is 4.90 Å². The molecular formula is C23H29FN2O2. The lowest BCUT2D eigenvalue weighted by molar-refractivity contribution is -0.136. The number of carboxylic acid groups (broad SMARTS) is 1. The minimum atomic E-state index is -0.881. The SMILES string of the molecule is Cc1ccc(-c2c(C)nc(C)c(CC(=O)O)c2N2CCC(C)(C)CC2)cc1F. The van der Waals surface area contributed by atoms with Crippen molar-refractivity contribution in [2.24, 2.45) is 5.41 Å². The van der Waals surface area contributed by atoms with E-state index in [9.17, 15) is 14.3 Å². The first-order valence-corrected chi connectivity index (χ1v) is 9.82. The van der Waals surface area contributed by atoms with Gasteiger partial charge in [-0.1, -0.05) is 26.0 Å². The van der Waals surface area contributed by atoms with Crippen LogP contribution in [0.3, 0.4) is 0 Å². The number of rotatable bonds is 4. The van der Waals surface area contributed by atoms with E-state index in [4.69, 9.17) is 0 Å². The highest BCUT2D eigenvalue weighted by atomic mass is 19.1. The van der Waals surface area contributed by atoms with Crippen molar-refractivity contribution in [1.29, 1.82) is 0 Å². The molecule has 0 saturated carbocycles. The van der Waals surface area contributed by atoms with Crippen LogP contribution in [-0.4, -0.2) is 29.1 Å². The van der Waals surface area contributed by atoms with Crippen molar-refractivity contribution in [1.82, 2.24) is 4.98 Å². The van der Waals surface area contributed by atoms with E-state index in [2.05, 4.69) is 23.7 Å². The van der Waals surface area contributed by atoms with Crippen molar-refractivity contribution < 1.29 is 14.3 Å². The highest BCUT2D eigenvalue weighted by molar-refractivity contribution is 5.86. The van der Waals surface area contributed by atoms with Crippen LogP contribution >= 0.6 is 0 Å². The van der Waals surface area contributed by atoms with Gasteiger partial charge in [-0.15, -0.1) is 0 Å². The summed E-state index contributed by atoms with van der Waals surface area (Å²) in [5.74, 6) is -1.14. The second-order valence-electron chi connectivity index (χ2n) is 8.67. The van der Waals surface area contributed by atoms with Gasteiger partial charge in [0.05, 0.1) is 12.1 Å². The predicted octanol–water partition coefficient (Wildman–Crippen LogP) is 5.07. The Kier molecular flexibility index (Phi) is 5.46. The molecule has 3 rings (SSSR count). The van der Waals surface area contributed by atoms with Gasteiger partial charge in [0, 0.05) is 35.6 Å². The van der Waals surface area contributed by atoms with Crippen LogP contribution in [0.2, 0.25) is 0 Å². The maximum absolute atomic E-state index is 14.3. The molecule has 1 aliphatic rings. The lowest BCUT2D eigenvalue weighted by atomic mass is 9.82. The zero-order valence-corrected chi connectivity index (χ0v) is 17.4. The van der Waals surface area contributed by atoms with Crippen LogP contribution in [0.1, 0.15) is 49.2 Å². The lowest BCUT2D eigenvalue weighted by Gasteiger charge is -2.40. The third-order valence-electron chi connectivity index (χ3n) is 5.88. The number of carbonyl (C=O) groups is 1. The molecule has 0 amide bonds. The number of nitrogens with zero attached hydrogens (tertiary/aromatic N) is 2.